The van der Waals surface area contributed by atoms with Crippen LogP contribution in [0.1, 0.15) is 60.3 Å². The van der Waals surface area contributed by atoms with Crippen molar-refractivity contribution in [3.63, 3.8) is 0 Å². The van der Waals surface area contributed by atoms with Crippen molar-refractivity contribution < 1.29 is 53.8 Å². The molecule has 3 amide bonds. The molecule has 15 nitrogen and oxygen atoms in total. The fourth-order valence-electron chi connectivity index (χ4n) is 2.59. The Morgan fingerprint density at radius 2 is 1.38 bits per heavy atom. The minimum Gasteiger partial charge on any atom is -0.450 e. The first-order valence-electron chi connectivity index (χ1n) is 14.7. The minimum absolute atomic E-state index is 0. The third-order valence-electron chi connectivity index (χ3n) is 5.12. The number of carbonyl (C=O) groups excluding carboxylic acids is 2. The van der Waals surface area contributed by atoms with Crippen LogP contribution < -0.4 is 25.4 Å². The molecule has 48 heavy (non-hydrogen) atoms. The van der Waals surface area contributed by atoms with Gasteiger partial charge < -0.3 is 30.3 Å². The summed E-state index contributed by atoms with van der Waals surface area (Å²) >= 11 is 2.94. The van der Waals surface area contributed by atoms with Crippen LogP contribution in [0.4, 0.5) is 22.8 Å². The zero-order valence-corrected chi connectivity index (χ0v) is 32.7. The SMILES string of the molecule is C.CBr.CCCS(=O)(=O)NC.CCNC(=O)NC.CCOC(=O)NC.CNS(=O)(=O)C1CC1.COC(F)(F)F.COCCN1CCCC1. The highest BCUT2D eigenvalue weighted by atomic mass is 79.9. The van der Waals surface area contributed by atoms with Gasteiger partial charge in [-0.3, -0.25) is 4.74 Å². The van der Waals surface area contributed by atoms with E-state index in [1.165, 1.54) is 47.1 Å². The van der Waals surface area contributed by atoms with Gasteiger partial charge in [0.15, 0.2) is 0 Å². The molecule has 1 aliphatic carbocycles. The van der Waals surface area contributed by atoms with Gasteiger partial charge in [-0.2, -0.15) is 0 Å². The van der Waals surface area contributed by atoms with Crippen LogP contribution in [0.3, 0.4) is 0 Å². The van der Waals surface area contributed by atoms with E-state index in [4.69, 9.17) is 4.74 Å². The van der Waals surface area contributed by atoms with E-state index in [0.717, 1.165) is 26.0 Å². The third-order valence-corrected chi connectivity index (χ3v) is 8.60. The number of nitrogens with one attached hydrogen (secondary N) is 5. The van der Waals surface area contributed by atoms with E-state index in [2.05, 4.69) is 55.7 Å². The summed E-state index contributed by atoms with van der Waals surface area (Å²) in [5.41, 5.74) is 0. The highest BCUT2D eigenvalue weighted by Crippen LogP contribution is 2.26. The van der Waals surface area contributed by atoms with Gasteiger partial charge in [0.25, 0.3) is 0 Å². The van der Waals surface area contributed by atoms with Crippen LogP contribution in [0.5, 0.6) is 0 Å². The fourth-order valence-corrected chi connectivity index (χ4v) is 4.43. The van der Waals surface area contributed by atoms with Crippen LogP contribution in [0, 0.1) is 0 Å². The molecule has 0 bridgehead atoms. The number of hydrogen-bond acceptors (Lipinski definition) is 10. The van der Waals surface area contributed by atoms with E-state index < -0.39 is 26.4 Å². The van der Waals surface area contributed by atoms with Gasteiger partial charge in [0, 0.05) is 41.4 Å². The molecule has 0 aromatic rings. The molecule has 0 radical (unpaired) electrons. The summed E-state index contributed by atoms with van der Waals surface area (Å²) in [6, 6.07) is -0.123. The Bertz CT molecular complexity index is 910. The van der Waals surface area contributed by atoms with Crippen molar-refractivity contribution in [2.24, 2.45) is 0 Å². The molecule has 1 saturated heterocycles. The lowest BCUT2D eigenvalue weighted by Crippen LogP contribution is -2.32. The van der Waals surface area contributed by atoms with E-state index in [1.807, 2.05) is 19.7 Å². The van der Waals surface area contributed by atoms with Crippen molar-refractivity contribution in [2.45, 2.75) is 71.9 Å². The zero-order valence-electron chi connectivity index (χ0n) is 29.5. The number of urea groups is 1. The van der Waals surface area contributed by atoms with Crippen LogP contribution in [0.15, 0.2) is 0 Å². The van der Waals surface area contributed by atoms with Crippen molar-refractivity contribution in [1.82, 2.24) is 30.3 Å². The molecule has 0 spiro atoms. The van der Waals surface area contributed by atoms with Crippen molar-refractivity contribution in [3.05, 3.63) is 0 Å². The molecule has 296 valence electrons. The Balaban J connectivity index is -0.000000109. The maximum Gasteiger partial charge on any atom is 0.522 e. The predicted molar refractivity (Wildman–Crippen MR) is 191 cm³/mol. The standard InChI is InChI=1S/C7H15NO.C4H10N2O.C4H9NO2S.C4H11NO2S.C4H9NO2.C2H3F3O.CH3Br.CH4/c1-9-7-6-8-4-2-3-5-8;1-3-6-4(7)5-2;1-5-8(6,7)4-2-3-4;1-3-4-8(6,7)5-2;1-3-7-4(6)5-2;1-6-2(3,4)5;1-2;/h2-7H2,1H3;3H2,1-2H3,(H2,5,6,7);4-5H,2-3H2,1H3;5H,3-4H2,1-2H3;3H2,1-2H3,(H,5,6);1H3;1H3;1H4. The van der Waals surface area contributed by atoms with Crippen LogP contribution in [0.25, 0.3) is 0 Å². The van der Waals surface area contributed by atoms with Gasteiger partial charge in [-0.25, -0.2) is 35.9 Å². The number of sulfonamides is 2. The number of halogens is 4. The van der Waals surface area contributed by atoms with Gasteiger partial charge >= 0.3 is 18.5 Å². The van der Waals surface area contributed by atoms with Crippen LogP contribution >= 0.6 is 15.9 Å². The summed E-state index contributed by atoms with van der Waals surface area (Å²) in [6.45, 7) is 11.1. The third kappa shape index (κ3) is 48.9. The van der Waals surface area contributed by atoms with Crippen LogP contribution in [-0.2, 0) is 34.3 Å². The second-order valence-electron chi connectivity index (χ2n) is 8.74. The Morgan fingerprint density at radius 3 is 1.56 bits per heavy atom. The van der Waals surface area contributed by atoms with E-state index in [-0.39, 0.29) is 30.6 Å². The minimum atomic E-state index is -4.46. The Morgan fingerprint density at radius 1 is 0.896 bits per heavy atom. The lowest BCUT2D eigenvalue weighted by atomic mass is 10.4. The number of hydrogen-bond donors (Lipinski definition) is 5. The number of methoxy groups -OCH3 is 2. The largest absolute Gasteiger partial charge is 0.522 e. The second-order valence-corrected chi connectivity index (χ2v) is 13.0. The number of amides is 3. The highest BCUT2D eigenvalue weighted by Gasteiger charge is 2.34. The summed E-state index contributed by atoms with van der Waals surface area (Å²) in [6.07, 6.45) is 0.269. The number of ether oxygens (including phenoxy) is 3. The molecule has 2 aliphatic rings. The maximum absolute atomic E-state index is 10.7. The van der Waals surface area contributed by atoms with E-state index in [0.29, 0.717) is 26.7 Å². The summed E-state index contributed by atoms with van der Waals surface area (Å²) < 4.78 is 90.8. The fraction of sp³-hybridized carbons (Fsp3) is 0.926. The lowest BCUT2D eigenvalue weighted by Gasteiger charge is -2.12. The number of likely N-dealkylation sites (tertiary alicyclic amines) is 1. The lowest BCUT2D eigenvalue weighted by molar-refractivity contribution is -0.311. The Kier molecular flexibility index (Phi) is 46.9. The second kappa shape index (κ2) is 38.3. The zero-order chi connectivity index (χ0) is 38.0. The predicted octanol–water partition coefficient (Wildman–Crippen LogP) is 3.47. The molecule has 2 fully saturated rings. The number of rotatable bonds is 10. The molecular weight excluding hydrogens is 753 g/mol. The van der Waals surface area contributed by atoms with Gasteiger partial charge in [-0.1, -0.05) is 30.3 Å². The first-order chi connectivity index (χ1) is 21.9. The molecule has 21 heteroatoms. The van der Waals surface area contributed by atoms with Crippen molar-refractivity contribution in [2.75, 3.05) is 93.4 Å². The number of alkyl halides is 4. The van der Waals surface area contributed by atoms with E-state index in [9.17, 15) is 39.6 Å². The molecule has 0 aromatic heterocycles. The summed E-state index contributed by atoms with van der Waals surface area (Å²) in [4.78, 5) is 22.7. The summed E-state index contributed by atoms with van der Waals surface area (Å²) in [7, 11) is 2.54. The molecule has 1 heterocycles. The Labute approximate surface area is 296 Å². The number of carbonyl (C=O) groups is 2. The van der Waals surface area contributed by atoms with Gasteiger partial charge in [0.05, 0.1) is 24.2 Å². The molecule has 5 N–H and O–H groups in total. The van der Waals surface area contributed by atoms with Crippen LogP contribution in [-0.4, -0.2) is 139 Å². The monoisotopic (exact) mass is 816 g/mol. The maximum atomic E-state index is 10.7. The first kappa shape index (κ1) is 58.7. The van der Waals surface area contributed by atoms with Gasteiger partial charge in [-0.15, -0.1) is 13.2 Å². The Hall–Kier alpha value is -1.49. The summed E-state index contributed by atoms with van der Waals surface area (Å²) in [5.74, 6) is 2.04. The molecule has 1 saturated carbocycles. The average molecular weight is 818 g/mol. The van der Waals surface area contributed by atoms with Crippen LogP contribution in [0.2, 0.25) is 0 Å². The first-order valence-corrected chi connectivity index (χ1v) is 19.5. The molecule has 0 unspecified atom stereocenters. The quantitative estimate of drug-likeness (QED) is 0.204. The molecular formula is C27H64BrF3N6O9S2. The van der Waals surface area contributed by atoms with E-state index in [1.54, 1.807) is 21.1 Å². The smallest absolute Gasteiger partial charge is 0.450 e. The van der Waals surface area contributed by atoms with Crippen molar-refractivity contribution in [3.8, 4) is 0 Å². The molecule has 0 atom stereocenters. The molecule has 0 aromatic carbocycles. The normalized spacial score (nSPS) is 13.3. The molecule has 1 aliphatic heterocycles. The van der Waals surface area contributed by atoms with Crippen molar-refractivity contribution >= 4 is 48.1 Å². The van der Waals surface area contributed by atoms with E-state index >= 15 is 0 Å². The van der Waals surface area contributed by atoms with Gasteiger partial charge in [-0.05, 0) is 79.0 Å². The average Bonchev–Trinajstić information content (AvgIpc) is 3.79. The van der Waals surface area contributed by atoms with Gasteiger partial charge in [0.2, 0.25) is 20.0 Å². The number of alkyl carbamates (subject to hydrolysis) is 1. The highest BCUT2D eigenvalue weighted by molar-refractivity contribution is 9.08. The van der Waals surface area contributed by atoms with Gasteiger partial charge in [0.1, 0.15) is 0 Å². The summed E-state index contributed by atoms with van der Waals surface area (Å²) in [5, 5.41) is 7.19. The number of nitrogens with zero attached hydrogens (tertiary/aromatic N) is 1. The molecule has 2 rings (SSSR count). The van der Waals surface area contributed by atoms with Crippen molar-refractivity contribution in [1.29, 1.82) is 0 Å². The topological polar surface area (TPSA) is 194 Å².